The van der Waals surface area contributed by atoms with Crippen molar-refractivity contribution in [2.45, 2.75) is 231 Å². The van der Waals surface area contributed by atoms with E-state index in [0.717, 1.165) is 44.9 Å². The van der Waals surface area contributed by atoms with Gasteiger partial charge in [-0.15, -0.1) is 0 Å². The first kappa shape index (κ1) is 58.5. The Morgan fingerprint density at radius 2 is 0.917 bits per heavy atom. The molecule has 3 unspecified atom stereocenters. The van der Waals surface area contributed by atoms with Gasteiger partial charge in [0.2, 0.25) is 5.91 Å². The summed E-state index contributed by atoms with van der Waals surface area (Å²) < 4.78 is 23.6. The molecular formula is C51H98N2O6P+. The summed E-state index contributed by atoms with van der Waals surface area (Å²) in [6.07, 6.45) is 54.8. The number of hydrogen-bond acceptors (Lipinski definition) is 5. The van der Waals surface area contributed by atoms with Gasteiger partial charge in [-0.1, -0.05) is 191 Å². The van der Waals surface area contributed by atoms with E-state index < -0.39 is 20.0 Å². The third kappa shape index (κ3) is 44.5. The fourth-order valence-electron chi connectivity index (χ4n) is 7.01. The zero-order chi connectivity index (χ0) is 44.3. The van der Waals surface area contributed by atoms with E-state index in [0.29, 0.717) is 17.4 Å². The van der Waals surface area contributed by atoms with Gasteiger partial charge in [0.1, 0.15) is 13.2 Å². The van der Waals surface area contributed by atoms with Crippen LogP contribution < -0.4 is 5.32 Å². The van der Waals surface area contributed by atoms with E-state index in [9.17, 15) is 19.4 Å². The van der Waals surface area contributed by atoms with E-state index in [4.69, 9.17) is 9.05 Å². The minimum atomic E-state index is -4.35. The maximum atomic E-state index is 12.9. The molecule has 1 amide bonds. The summed E-state index contributed by atoms with van der Waals surface area (Å²) in [5.74, 6) is -0.196. The number of likely N-dealkylation sites (N-methyl/N-ethyl adjacent to an activating group) is 1. The molecule has 8 nitrogen and oxygen atoms in total. The SMILES string of the molecule is CCCCCCCC/C=C\CCCCCCCCCC(=O)NC(COP(=O)(O)OCC[N+](C)(C)C)C(O)/C=C/CC/C=C/CC/C=C/CCCCCCCCCCCCC. The second-order valence-electron chi connectivity index (χ2n) is 18.2. The number of carbonyl (C=O) groups is 1. The Kier molecular flexibility index (Phi) is 41.6. The summed E-state index contributed by atoms with van der Waals surface area (Å²) in [5, 5.41) is 13.8. The van der Waals surface area contributed by atoms with Crippen molar-refractivity contribution in [1.29, 1.82) is 0 Å². The van der Waals surface area contributed by atoms with E-state index in [-0.39, 0.29) is 19.1 Å². The van der Waals surface area contributed by atoms with E-state index in [1.807, 2.05) is 27.2 Å². The Morgan fingerprint density at radius 1 is 0.550 bits per heavy atom. The summed E-state index contributed by atoms with van der Waals surface area (Å²) in [6.45, 7) is 4.78. The minimum Gasteiger partial charge on any atom is -0.387 e. The quantitative estimate of drug-likeness (QED) is 0.0244. The summed E-state index contributed by atoms with van der Waals surface area (Å²) in [6, 6.07) is -0.872. The van der Waals surface area contributed by atoms with Gasteiger partial charge >= 0.3 is 7.82 Å². The average Bonchev–Trinajstić information content (AvgIpc) is 3.20. The number of amides is 1. The number of rotatable bonds is 45. The Labute approximate surface area is 371 Å². The Balaban J connectivity index is 4.43. The van der Waals surface area contributed by atoms with E-state index in [2.05, 4.69) is 55.6 Å². The number of aliphatic hydroxyl groups excluding tert-OH is 1. The lowest BCUT2D eigenvalue weighted by Crippen LogP contribution is -2.45. The van der Waals surface area contributed by atoms with Crippen LogP contribution in [-0.4, -0.2) is 73.4 Å². The van der Waals surface area contributed by atoms with Gasteiger partial charge in [-0.25, -0.2) is 4.57 Å². The van der Waals surface area contributed by atoms with Gasteiger partial charge in [0.05, 0.1) is 39.9 Å². The van der Waals surface area contributed by atoms with Crippen LogP contribution in [0.4, 0.5) is 0 Å². The lowest BCUT2D eigenvalue weighted by atomic mass is 10.1. The number of allylic oxidation sites excluding steroid dienone is 7. The van der Waals surface area contributed by atoms with Crippen molar-refractivity contribution in [3.05, 3.63) is 48.6 Å². The van der Waals surface area contributed by atoms with Crippen LogP contribution >= 0.6 is 7.82 Å². The van der Waals surface area contributed by atoms with Crippen molar-refractivity contribution in [2.75, 3.05) is 40.9 Å². The lowest BCUT2D eigenvalue weighted by Gasteiger charge is -2.25. The molecule has 0 aliphatic heterocycles. The van der Waals surface area contributed by atoms with Gasteiger partial charge in [0.15, 0.2) is 0 Å². The molecule has 0 heterocycles. The highest BCUT2D eigenvalue weighted by atomic mass is 31.2. The van der Waals surface area contributed by atoms with E-state index in [1.54, 1.807) is 6.08 Å². The average molecular weight is 866 g/mol. The van der Waals surface area contributed by atoms with Crippen LogP contribution in [0.15, 0.2) is 48.6 Å². The van der Waals surface area contributed by atoms with E-state index >= 15 is 0 Å². The topological polar surface area (TPSA) is 105 Å². The number of phosphoric ester groups is 1. The van der Waals surface area contributed by atoms with Crippen LogP contribution in [-0.2, 0) is 18.4 Å². The molecule has 0 rings (SSSR count). The van der Waals surface area contributed by atoms with Gasteiger partial charge in [0, 0.05) is 6.42 Å². The number of phosphoric acid groups is 1. The molecule has 60 heavy (non-hydrogen) atoms. The van der Waals surface area contributed by atoms with Crippen LogP contribution in [0.1, 0.15) is 219 Å². The largest absolute Gasteiger partial charge is 0.472 e. The van der Waals surface area contributed by atoms with E-state index in [1.165, 1.54) is 154 Å². The molecule has 0 saturated heterocycles. The normalized spacial score (nSPS) is 14.6. The van der Waals surface area contributed by atoms with Crippen molar-refractivity contribution in [1.82, 2.24) is 5.32 Å². The number of nitrogens with zero attached hydrogens (tertiary/aromatic N) is 1. The zero-order valence-electron chi connectivity index (χ0n) is 39.9. The predicted octanol–water partition coefficient (Wildman–Crippen LogP) is 14.4. The number of carbonyl (C=O) groups excluding carboxylic acids is 1. The highest BCUT2D eigenvalue weighted by Crippen LogP contribution is 2.43. The van der Waals surface area contributed by atoms with Gasteiger partial charge in [0.25, 0.3) is 0 Å². The maximum absolute atomic E-state index is 12.9. The second kappa shape index (κ2) is 42.7. The molecule has 3 N–H and O–H groups in total. The first-order chi connectivity index (χ1) is 29.0. The summed E-state index contributed by atoms with van der Waals surface area (Å²) in [4.78, 5) is 23.2. The third-order valence-corrected chi connectivity index (χ3v) is 12.0. The van der Waals surface area contributed by atoms with Crippen LogP contribution in [0.5, 0.6) is 0 Å². The highest BCUT2D eigenvalue weighted by Gasteiger charge is 2.27. The number of hydrogen-bond donors (Lipinski definition) is 3. The molecule has 3 atom stereocenters. The molecule has 9 heteroatoms. The molecule has 0 bridgehead atoms. The molecule has 0 aromatic carbocycles. The molecule has 0 aromatic rings. The molecule has 0 aliphatic rings. The molecule has 0 radical (unpaired) electrons. The standard InChI is InChI=1S/C51H97N2O6P/c1-6-8-10-12-14-16-18-20-22-24-25-26-27-29-30-32-34-36-38-40-42-44-50(54)49(48-59-60(56,57)58-47-46-53(3,4)5)52-51(55)45-43-41-39-37-35-33-31-28-23-21-19-17-15-13-11-9-7-2/h21,23,27,29,34,36,42,44,49-50,54H,6-20,22,24-26,28,30-33,35,37-41,43,45-48H2,1-5H3,(H-,52,55,56,57)/p+1/b23-21-,29-27+,36-34+,44-42+. The molecule has 352 valence electrons. The van der Waals surface area contributed by atoms with Gasteiger partial charge < -0.3 is 19.8 Å². The maximum Gasteiger partial charge on any atom is 0.472 e. The lowest BCUT2D eigenvalue weighted by molar-refractivity contribution is -0.870. The van der Waals surface area contributed by atoms with Crippen LogP contribution in [0.2, 0.25) is 0 Å². The number of quaternary nitrogens is 1. The molecule has 0 saturated carbocycles. The monoisotopic (exact) mass is 866 g/mol. The number of nitrogens with one attached hydrogen (secondary N) is 1. The van der Waals surface area contributed by atoms with Crippen LogP contribution in [0.25, 0.3) is 0 Å². The van der Waals surface area contributed by atoms with Gasteiger partial charge in [-0.05, 0) is 70.6 Å². The molecule has 0 aliphatic carbocycles. The van der Waals surface area contributed by atoms with Crippen molar-refractivity contribution >= 4 is 13.7 Å². The molecule has 0 spiro atoms. The number of aliphatic hydroxyl groups is 1. The molecule has 0 aromatic heterocycles. The van der Waals surface area contributed by atoms with Crippen molar-refractivity contribution < 1.29 is 32.9 Å². The summed E-state index contributed by atoms with van der Waals surface area (Å²) in [5.41, 5.74) is 0. The smallest absolute Gasteiger partial charge is 0.387 e. The Bertz CT molecular complexity index is 1120. The predicted molar refractivity (Wildman–Crippen MR) is 258 cm³/mol. The van der Waals surface area contributed by atoms with Crippen molar-refractivity contribution in [3.8, 4) is 0 Å². The Morgan fingerprint density at radius 3 is 1.33 bits per heavy atom. The zero-order valence-corrected chi connectivity index (χ0v) is 40.8. The summed E-state index contributed by atoms with van der Waals surface area (Å²) in [7, 11) is 1.54. The second-order valence-corrected chi connectivity index (χ2v) is 19.6. The molecule has 0 fully saturated rings. The highest BCUT2D eigenvalue weighted by molar-refractivity contribution is 7.47. The van der Waals surface area contributed by atoms with Crippen molar-refractivity contribution in [2.24, 2.45) is 0 Å². The first-order valence-electron chi connectivity index (χ1n) is 25.0. The fourth-order valence-corrected chi connectivity index (χ4v) is 7.74. The Hall–Kier alpha value is -1.54. The number of unbranched alkanes of at least 4 members (excludes halogenated alkanes) is 26. The third-order valence-electron chi connectivity index (χ3n) is 11.0. The van der Waals surface area contributed by atoms with Crippen molar-refractivity contribution in [3.63, 3.8) is 0 Å². The fraction of sp³-hybridized carbons (Fsp3) is 0.824. The summed E-state index contributed by atoms with van der Waals surface area (Å²) >= 11 is 0. The van der Waals surface area contributed by atoms with Crippen LogP contribution in [0, 0.1) is 0 Å². The van der Waals surface area contributed by atoms with Gasteiger partial charge in [-0.3, -0.25) is 13.8 Å². The minimum absolute atomic E-state index is 0.0519. The van der Waals surface area contributed by atoms with Crippen LogP contribution in [0.3, 0.4) is 0 Å². The molecular weight excluding hydrogens is 768 g/mol. The first-order valence-corrected chi connectivity index (χ1v) is 26.5. The van der Waals surface area contributed by atoms with Gasteiger partial charge in [-0.2, -0.15) is 0 Å².